The van der Waals surface area contributed by atoms with Crippen molar-refractivity contribution < 1.29 is 9.47 Å². The van der Waals surface area contributed by atoms with Crippen LogP contribution in [0.4, 0.5) is 0 Å². The Morgan fingerprint density at radius 3 is 3.00 bits per heavy atom. The van der Waals surface area contributed by atoms with Crippen molar-refractivity contribution in [3.8, 4) is 5.88 Å². The van der Waals surface area contributed by atoms with Crippen molar-refractivity contribution in [3.63, 3.8) is 0 Å². The predicted octanol–water partition coefficient (Wildman–Crippen LogP) is 2.86. The van der Waals surface area contributed by atoms with E-state index in [-0.39, 0.29) is 24.0 Å². The molecule has 2 bridgehead atoms. The summed E-state index contributed by atoms with van der Waals surface area (Å²) in [6.07, 6.45) is 8.11. The van der Waals surface area contributed by atoms with E-state index in [0.29, 0.717) is 37.3 Å². The highest BCUT2D eigenvalue weighted by Crippen LogP contribution is 2.34. The van der Waals surface area contributed by atoms with Crippen LogP contribution in [-0.2, 0) is 11.3 Å². The zero-order chi connectivity index (χ0) is 16.8. The fourth-order valence-corrected chi connectivity index (χ4v) is 3.34. The number of nitrogens with zero attached hydrogens (tertiary/aromatic N) is 2. The zero-order valence-electron chi connectivity index (χ0n) is 15.0. The Kier molecular flexibility index (Phi) is 8.21. The largest absolute Gasteiger partial charge is 0.477 e. The molecule has 0 radical (unpaired) electrons. The van der Waals surface area contributed by atoms with Crippen LogP contribution < -0.4 is 15.4 Å². The second-order valence-electron chi connectivity index (χ2n) is 6.46. The first-order valence-electron chi connectivity index (χ1n) is 8.99. The van der Waals surface area contributed by atoms with Crippen LogP contribution in [0.2, 0.25) is 0 Å². The summed E-state index contributed by atoms with van der Waals surface area (Å²) >= 11 is 0. The number of hydrogen-bond acceptors (Lipinski definition) is 4. The molecule has 1 aromatic heterocycles. The number of fused-ring (bicyclic) bond motifs is 2. The summed E-state index contributed by atoms with van der Waals surface area (Å²) in [4.78, 5) is 8.68. The van der Waals surface area contributed by atoms with Gasteiger partial charge in [-0.1, -0.05) is 19.4 Å². The molecule has 0 saturated carbocycles. The van der Waals surface area contributed by atoms with E-state index in [1.54, 1.807) is 13.2 Å². The lowest BCUT2D eigenvalue weighted by Gasteiger charge is -2.22. The highest BCUT2D eigenvalue weighted by atomic mass is 127. The van der Waals surface area contributed by atoms with E-state index in [4.69, 9.17) is 9.47 Å². The van der Waals surface area contributed by atoms with Crippen LogP contribution in [0.1, 0.15) is 44.6 Å². The predicted molar refractivity (Wildman–Crippen MR) is 110 cm³/mol. The van der Waals surface area contributed by atoms with Crippen molar-refractivity contribution in [2.45, 2.75) is 63.8 Å². The van der Waals surface area contributed by atoms with Crippen LogP contribution in [0.5, 0.6) is 5.88 Å². The third-order valence-corrected chi connectivity index (χ3v) is 4.68. The fourth-order valence-electron chi connectivity index (χ4n) is 3.34. The molecule has 25 heavy (non-hydrogen) atoms. The van der Waals surface area contributed by atoms with Gasteiger partial charge in [-0.05, 0) is 31.7 Å². The molecule has 2 aliphatic rings. The summed E-state index contributed by atoms with van der Waals surface area (Å²) in [6.45, 7) is 3.49. The van der Waals surface area contributed by atoms with Crippen molar-refractivity contribution in [1.29, 1.82) is 0 Å². The Hall–Kier alpha value is -1.09. The lowest BCUT2D eigenvalue weighted by atomic mass is 9.96. The maximum absolute atomic E-state index is 5.89. The molecular weight excluding hydrogens is 431 g/mol. The van der Waals surface area contributed by atoms with Crippen LogP contribution in [0.25, 0.3) is 0 Å². The third-order valence-electron chi connectivity index (χ3n) is 4.68. The minimum absolute atomic E-state index is 0. The van der Waals surface area contributed by atoms with Crippen molar-refractivity contribution in [2.24, 2.45) is 4.99 Å². The Labute approximate surface area is 167 Å². The normalized spacial score (nSPS) is 24.7. The van der Waals surface area contributed by atoms with Crippen molar-refractivity contribution in [2.75, 3.05) is 13.7 Å². The van der Waals surface area contributed by atoms with Gasteiger partial charge in [-0.2, -0.15) is 0 Å². The van der Waals surface area contributed by atoms with Gasteiger partial charge < -0.3 is 20.1 Å². The first kappa shape index (κ1) is 20.2. The topological polar surface area (TPSA) is 67.8 Å². The SMILES string of the molecule is CCCCOc1ncccc1CNC(=NC)NC1CC2CCC1O2.I. The lowest BCUT2D eigenvalue weighted by Crippen LogP contribution is -2.47. The summed E-state index contributed by atoms with van der Waals surface area (Å²) in [6, 6.07) is 4.34. The van der Waals surface area contributed by atoms with E-state index >= 15 is 0 Å². The van der Waals surface area contributed by atoms with Crippen molar-refractivity contribution >= 4 is 29.9 Å². The second-order valence-corrected chi connectivity index (χ2v) is 6.46. The van der Waals surface area contributed by atoms with Gasteiger partial charge in [-0.15, -0.1) is 24.0 Å². The fraction of sp³-hybridized carbons (Fsp3) is 0.667. The van der Waals surface area contributed by atoms with Gasteiger partial charge in [-0.3, -0.25) is 4.99 Å². The molecule has 0 amide bonds. The quantitative estimate of drug-likeness (QED) is 0.284. The second kappa shape index (κ2) is 10.2. The number of ether oxygens (including phenoxy) is 2. The third kappa shape index (κ3) is 5.44. The van der Waals surface area contributed by atoms with E-state index in [0.717, 1.165) is 37.2 Å². The molecule has 140 valence electrons. The van der Waals surface area contributed by atoms with E-state index in [2.05, 4.69) is 27.5 Å². The summed E-state index contributed by atoms with van der Waals surface area (Å²) in [7, 11) is 1.80. The molecule has 0 aromatic carbocycles. The van der Waals surface area contributed by atoms with Gasteiger partial charge in [-0.25, -0.2) is 4.98 Å². The molecule has 2 fully saturated rings. The molecule has 2 N–H and O–H groups in total. The van der Waals surface area contributed by atoms with Crippen LogP contribution in [0.15, 0.2) is 23.3 Å². The number of rotatable bonds is 7. The van der Waals surface area contributed by atoms with Gasteiger partial charge in [0.1, 0.15) is 0 Å². The first-order valence-corrected chi connectivity index (χ1v) is 8.99. The van der Waals surface area contributed by atoms with Gasteiger partial charge in [0.05, 0.1) is 24.9 Å². The van der Waals surface area contributed by atoms with Crippen LogP contribution in [0, 0.1) is 0 Å². The van der Waals surface area contributed by atoms with E-state index < -0.39 is 0 Å². The molecule has 3 unspecified atom stereocenters. The van der Waals surface area contributed by atoms with Gasteiger partial charge >= 0.3 is 0 Å². The van der Waals surface area contributed by atoms with E-state index in [1.165, 1.54) is 6.42 Å². The standard InChI is InChI=1S/C18H28N4O2.HI/c1-3-4-10-23-17-13(6-5-9-20-17)12-21-18(19-2)22-15-11-14-7-8-16(15)24-14;/h5-6,9,14-16H,3-4,7-8,10-12H2,1-2H3,(H2,19,21,22);1H. The molecule has 3 heterocycles. The monoisotopic (exact) mass is 460 g/mol. The molecule has 2 aliphatic heterocycles. The Balaban J connectivity index is 0.00000225. The number of guanidine groups is 1. The molecule has 0 aliphatic carbocycles. The maximum Gasteiger partial charge on any atom is 0.218 e. The number of hydrogen-bond donors (Lipinski definition) is 2. The average Bonchev–Trinajstić information content (AvgIpc) is 3.22. The number of aliphatic imine (C=N–C) groups is 1. The van der Waals surface area contributed by atoms with E-state index in [9.17, 15) is 0 Å². The summed E-state index contributed by atoms with van der Waals surface area (Å²) in [5, 5.41) is 6.86. The number of halogens is 1. The average molecular weight is 460 g/mol. The van der Waals surface area contributed by atoms with Crippen molar-refractivity contribution in [3.05, 3.63) is 23.9 Å². The molecule has 1 aromatic rings. The molecule has 0 spiro atoms. The smallest absolute Gasteiger partial charge is 0.218 e. The minimum Gasteiger partial charge on any atom is -0.477 e. The summed E-state index contributed by atoms with van der Waals surface area (Å²) in [5.74, 6) is 1.51. The maximum atomic E-state index is 5.89. The lowest BCUT2D eigenvalue weighted by molar-refractivity contribution is 0.0992. The summed E-state index contributed by atoms with van der Waals surface area (Å²) in [5.41, 5.74) is 1.04. The molecule has 2 saturated heterocycles. The highest BCUT2D eigenvalue weighted by Gasteiger charge is 2.41. The molecule has 7 heteroatoms. The van der Waals surface area contributed by atoms with Gasteiger partial charge in [0.15, 0.2) is 5.96 Å². The Morgan fingerprint density at radius 1 is 1.44 bits per heavy atom. The molecular formula is C18H29IN4O2. The summed E-state index contributed by atoms with van der Waals surface area (Å²) < 4.78 is 11.7. The first-order chi connectivity index (χ1) is 11.8. The number of unbranched alkanes of at least 4 members (excludes halogenated alkanes) is 1. The zero-order valence-corrected chi connectivity index (χ0v) is 17.4. The minimum atomic E-state index is 0. The molecule has 3 atom stereocenters. The van der Waals surface area contributed by atoms with Crippen molar-refractivity contribution in [1.82, 2.24) is 15.6 Å². The van der Waals surface area contributed by atoms with E-state index in [1.807, 2.05) is 12.1 Å². The van der Waals surface area contributed by atoms with Crippen LogP contribution in [0.3, 0.4) is 0 Å². The highest BCUT2D eigenvalue weighted by molar-refractivity contribution is 14.0. The van der Waals surface area contributed by atoms with Gasteiger partial charge in [0, 0.05) is 25.4 Å². The van der Waals surface area contributed by atoms with Gasteiger partial charge in [0.25, 0.3) is 0 Å². The van der Waals surface area contributed by atoms with Gasteiger partial charge in [0.2, 0.25) is 5.88 Å². The Morgan fingerprint density at radius 2 is 2.32 bits per heavy atom. The number of nitrogens with one attached hydrogen (secondary N) is 2. The van der Waals surface area contributed by atoms with Crippen LogP contribution in [-0.4, -0.2) is 42.8 Å². The number of pyridine rings is 1. The van der Waals surface area contributed by atoms with Crippen LogP contribution >= 0.6 is 24.0 Å². The number of aromatic nitrogens is 1. The molecule has 6 nitrogen and oxygen atoms in total. The molecule has 3 rings (SSSR count). The Bertz CT molecular complexity index is 570.